The second-order valence-corrected chi connectivity index (χ2v) is 9.28. The maximum absolute atomic E-state index is 5.34. The number of hydrogen-bond acceptors (Lipinski definition) is 3. The Morgan fingerprint density at radius 1 is 0.500 bits per heavy atom. The zero-order valence-corrected chi connectivity index (χ0v) is 18.5. The van der Waals surface area contributed by atoms with Gasteiger partial charge in [0.2, 0.25) is 0 Å². The molecule has 2 unspecified atom stereocenters. The van der Waals surface area contributed by atoms with E-state index in [1.807, 2.05) is 0 Å². The van der Waals surface area contributed by atoms with Gasteiger partial charge in [0.25, 0.3) is 0 Å². The van der Waals surface area contributed by atoms with Gasteiger partial charge in [-0.05, 0) is 67.6 Å². The third-order valence-electron chi connectivity index (χ3n) is 6.25. The van der Waals surface area contributed by atoms with Crippen molar-refractivity contribution in [1.29, 1.82) is 0 Å². The zero-order valence-electron chi connectivity index (χ0n) is 18.5. The first-order valence-electron chi connectivity index (χ1n) is 11.1. The Bertz CT molecular complexity index is 287. The zero-order chi connectivity index (χ0) is 19.4. The molecule has 0 radical (unpaired) electrons. The molecule has 3 rings (SSSR count). The van der Waals surface area contributed by atoms with Crippen LogP contribution in [0.25, 0.3) is 0 Å². The number of hydrogen-bond donors (Lipinski definition) is 0. The van der Waals surface area contributed by atoms with Gasteiger partial charge in [-0.3, -0.25) is 0 Å². The van der Waals surface area contributed by atoms with Crippen LogP contribution in [0.3, 0.4) is 0 Å². The fraction of sp³-hybridized carbons (Fsp3) is 1.00. The molecule has 156 valence electrons. The Kier molecular flexibility index (Phi) is 12.8. The highest BCUT2D eigenvalue weighted by molar-refractivity contribution is 4.67. The topological polar surface area (TPSA) is 27.7 Å². The SMILES string of the molecule is CC(C)C1CCCOC1.CC(C)C1CCOC1.CC(C)C1CCOCC1. The monoisotopic (exact) mass is 370 g/mol. The lowest BCUT2D eigenvalue weighted by atomic mass is 9.89. The average Bonchev–Trinajstić information content (AvgIpc) is 3.19. The van der Waals surface area contributed by atoms with E-state index < -0.39 is 0 Å². The first-order chi connectivity index (χ1) is 12.4. The van der Waals surface area contributed by atoms with E-state index in [1.165, 1.54) is 32.1 Å². The van der Waals surface area contributed by atoms with Crippen LogP contribution in [0.5, 0.6) is 0 Å². The molecule has 0 aromatic rings. The summed E-state index contributed by atoms with van der Waals surface area (Å²) < 4.78 is 15.8. The van der Waals surface area contributed by atoms with Crippen molar-refractivity contribution in [3.05, 3.63) is 0 Å². The maximum atomic E-state index is 5.34. The van der Waals surface area contributed by atoms with Crippen LogP contribution in [-0.4, -0.2) is 39.6 Å². The van der Waals surface area contributed by atoms with Crippen molar-refractivity contribution in [1.82, 2.24) is 0 Å². The quantitative estimate of drug-likeness (QED) is 0.627. The summed E-state index contributed by atoms with van der Waals surface area (Å²) in [4.78, 5) is 0. The molecule has 3 nitrogen and oxygen atoms in total. The molecule has 3 saturated heterocycles. The molecule has 3 heteroatoms. The van der Waals surface area contributed by atoms with Crippen molar-refractivity contribution in [2.24, 2.45) is 35.5 Å². The average molecular weight is 371 g/mol. The van der Waals surface area contributed by atoms with Crippen molar-refractivity contribution < 1.29 is 14.2 Å². The Morgan fingerprint density at radius 3 is 1.23 bits per heavy atom. The first-order valence-corrected chi connectivity index (χ1v) is 11.1. The minimum atomic E-state index is 0.810. The molecule has 2 atom stereocenters. The molecule has 0 aromatic carbocycles. The fourth-order valence-electron chi connectivity index (χ4n) is 3.75. The fourth-order valence-corrected chi connectivity index (χ4v) is 3.75. The number of rotatable bonds is 3. The maximum Gasteiger partial charge on any atom is 0.0497 e. The molecule has 0 N–H and O–H groups in total. The minimum Gasteiger partial charge on any atom is -0.381 e. The summed E-state index contributed by atoms with van der Waals surface area (Å²) in [5.41, 5.74) is 0. The van der Waals surface area contributed by atoms with Crippen LogP contribution >= 0.6 is 0 Å². The van der Waals surface area contributed by atoms with Gasteiger partial charge < -0.3 is 14.2 Å². The van der Waals surface area contributed by atoms with E-state index in [0.29, 0.717) is 0 Å². The van der Waals surface area contributed by atoms with Gasteiger partial charge in [-0.25, -0.2) is 0 Å². The van der Waals surface area contributed by atoms with E-state index in [4.69, 9.17) is 14.2 Å². The lowest BCUT2D eigenvalue weighted by molar-refractivity contribution is 0.0373. The predicted octanol–water partition coefficient (Wildman–Crippen LogP) is 5.82. The molecule has 0 amide bonds. The highest BCUT2D eigenvalue weighted by atomic mass is 16.5. The number of ether oxygens (including phenoxy) is 3. The van der Waals surface area contributed by atoms with Crippen LogP contribution in [0.2, 0.25) is 0 Å². The van der Waals surface area contributed by atoms with Gasteiger partial charge in [-0.2, -0.15) is 0 Å². The smallest absolute Gasteiger partial charge is 0.0497 e. The van der Waals surface area contributed by atoms with Gasteiger partial charge in [-0.1, -0.05) is 41.5 Å². The summed E-state index contributed by atoms with van der Waals surface area (Å²) in [6, 6.07) is 0. The molecule has 0 spiro atoms. The Morgan fingerprint density at radius 2 is 0.923 bits per heavy atom. The molecule has 0 aliphatic carbocycles. The Balaban J connectivity index is 0.000000195. The van der Waals surface area contributed by atoms with Crippen molar-refractivity contribution >= 4 is 0 Å². The summed E-state index contributed by atoms with van der Waals surface area (Å²) in [6.07, 6.45) is 6.47. The van der Waals surface area contributed by atoms with Gasteiger partial charge in [0.15, 0.2) is 0 Å². The highest BCUT2D eigenvalue weighted by Crippen LogP contribution is 2.22. The molecule has 0 bridgehead atoms. The van der Waals surface area contributed by atoms with E-state index in [9.17, 15) is 0 Å². The van der Waals surface area contributed by atoms with Gasteiger partial charge in [-0.15, -0.1) is 0 Å². The Hall–Kier alpha value is -0.120. The van der Waals surface area contributed by atoms with Gasteiger partial charge in [0.05, 0.1) is 0 Å². The molecular weight excluding hydrogens is 324 g/mol. The summed E-state index contributed by atoms with van der Waals surface area (Å²) in [5.74, 6) is 5.09. The summed E-state index contributed by atoms with van der Waals surface area (Å²) >= 11 is 0. The van der Waals surface area contributed by atoms with Crippen LogP contribution in [0.15, 0.2) is 0 Å². The van der Waals surface area contributed by atoms with Crippen LogP contribution in [0.1, 0.15) is 73.6 Å². The summed E-state index contributed by atoms with van der Waals surface area (Å²) in [6.45, 7) is 19.6. The van der Waals surface area contributed by atoms with E-state index in [1.54, 1.807) is 0 Å². The summed E-state index contributed by atoms with van der Waals surface area (Å²) in [5, 5.41) is 0. The molecule has 3 heterocycles. The lowest BCUT2D eigenvalue weighted by Crippen LogP contribution is -2.21. The highest BCUT2D eigenvalue weighted by Gasteiger charge is 2.18. The van der Waals surface area contributed by atoms with Gasteiger partial charge in [0, 0.05) is 39.6 Å². The van der Waals surface area contributed by atoms with E-state index in [2.05, 4.69) is 41.5 Å². The lowest BCUT2D eigenvalue weighted by Gasteiger charge is -2.24. The predicted molar refractivity (Wildman–Crippen MR) is 111 cm³/mol. The van der Waals surface area contributed by atoms with Crippen molar-refractivity contribution in [2.45, 2.75) is 73.6 Å². The van der Waals surface area contributed by atoms with Crippen molar-refractivity contribution in [3.8, 4) is 0 Å². The molecular formula is C23H46O3. The molecule has 0 saturated carbocycles. The molecule has 0 aromatic heterocycles. The molecule has 3 fully saturated rings. The Labute approximate surface area is 163 Å². The van der Waals surface area contributed by atoms with Crippen LogP contribution in [0, 0.1) is 35.5 Å². The second-order valence-electron chi connectivity index (χ2n) is 9.28. The molecule has 3 aliphatic heterocycles. The van der Waals surface area contributed by atoms with Crippen LogP contribution in [0.4, 0.5) is 0 Å². The van der Waals surface area contributed by atoms with E-state index in [0.717, 1.165) is 75.1 Å². The normalized spacial score (nSPS) is 27.1. The summed E-state index contributed by atoms with van der Waals surface area (Å²) in [7, 11) is 0. The van der Waals surface area contributed by atoms with Gasteiger partial charge in [0.1, 0.15) is 0 Å². The van der Waals surface area contributed by atoms with Crippen molar-refractivity contribution in [2.75, 3.05) is 39.6 Å². The van der Waals surface area contributed by atoms with Crippen molar-refractivity contribution in [3.63, 3.8) is 0 Å². The van der Waals surface area contributed by atoms with E-state index in [-0.39, 0.29) is 0 Å². The largest absolute Gasteiger partial charge is 0.381 e. The minimum absolute atomic E-state index is 0.810. The third kappa shape index (κ3) is 10.3. The van der Waals surface area contributed by atoms with Gasteiger partial charge >= 0.3 is 0 Å². The second kappa shape index (κ2) is 14.0. The molecule has 3 aliphatic rings. The van der Waals surface area contributed by atoms with E-state index >= 15 is 0 Å². The van der Waals surface area contributed by atoms with Crippen LogP contribution in [-0.2, 0) is 14.2 Å². The molecule has 26 heavy (non-hydrogen) atoms. The third-order valence-corrected chi connectivity index (χ3v) is 6.25. The van der Waals surface area contributed by atoms with Crippen LogP contribution < -0.4 is 0 Å². The standard InChI is InChI=1S/2C8H16O.C7H14O/c1-7(2)8-3-5-9-6-4-8;1-7(2)8-4-3-5-9-6-8;1-6(2)7-3-4-8-5-7/h2*7-8H,3-6H2,1-2H3;6-7H,3-5H2,1-2H3. The first kappa shape index (κ1) is 23.9.